The number of carboxylic acid groups (broad SMARTS) is 1. The molecule has 0 saturated carbocycles. The number of nitrogens with zero attached hydrogens (tertiary/aromatic N) is 1. The number of piperidine rings is 1. The molecule has 24 heavy (non-hydrogen) atoms. The van der Waals surface area contributed by atoms with Gasteiger partial charge >= 0.3 is 5.97 Å². The first-order valence-electron chi connectivity index (χ1n) is 7.86. The van der Waals surface area contributed by atoms with Crippen molar-refractivity contribution < 1.29 is 19.1 Å². The summed E-state index contributed by atoms with van der Waals surface area (Å²) in [6.07, 6.45) is 1.09. The second kappa shape index (κ2) is 7.13. The number of amides is 1. The summed E-state index contributed by atoms with van der Waals surface area (Å²) in [5.74, 6) is -1.83. The normalized spacial score (nSPS) is 21.0. The van der Waals surface area contributed by atoms with E-state index in [-0.39, 0.29) is 18.1 Å². The average molecular weight is 347 g/mol. The Balaban J connectivity index is 1.84. The predicted octanol–water partition coefficient (Wildman–Crippen LogP) is 3.49. The number of likely N-dealkylation sites (tertiary alicyclic amines) is 1. The van der Waals surface area contributed by atoms with Crippen LogP contribution in [-0.2, 0) is 16.0 Å². The Morgan fingerprint density at radius 1 is 1.33 bits per heavy atom. The summed E-state index contributed by atoms with van der Waals surface area (Å²) in [5, 5.41) is 11.4. The van der Waals surface area contributed by atoms with E-state index in [4.69, 9.17) is 0 Å². The summed E-state index contributed by atoms with van der Waals surface area (Å²) >= 11 is 1.46. The minimum Gasteiger partial charge on any atom is -0.481 e. The molecule has 0 bridgehead atoms. The maximum atomic E-state index is 13.3. The van der Waals surface area contributed by atoms with Gasteiger partial charge in [-0.2, -0.15) is 0 Å². The molecule has 2 atom stereocenters. The third kappa shape index (κ3) is 3.48. The molecule has 1 aliphatic heterocycles. The molecule has 3 rings (SSSR count). The molecule has 4 nitrogen and oxygen atoms in total. The zero-order chi connectivity index (χ0) is 17.1. The number of benzene rings is 1. The highest BCUT2D eigenvalue weighted by molar-refractivity contribution is 7.10. The molecule has 6 heteroatoms. The highest BCUT2D eigenvalue weighted by Gasteiger charge is 2.40. The Hall–Kier alpha value is -2.21. The Morgan fingerprint density at radius 3 is 2.83 bits per heavy atom. The predicted molar refractivity (Wildman–Crippen MR) is 89.2 cm³/mol. The van der Waals surface area contributed by atoms with Gasteiger partial charge in [-0.05, 0) is 42.0 Å². The summed E-state index contributed by atoms with van der Waals surface area (Å²) in [4.78, 5) is 26.6. The van der Waals surface area contributed by atoms with Gasteiger partial charge in [0.15, 0.2) is 0 Å². The maximum Gasteiger partial charge on any atom is 0.308 e. The molecule has 1 aliphatic rings. The molecule has 0 aliphatic carbocycles. The van der Waals surface area contributed by atoms with Crippen molar-refractivity contribution >= 4 is 23.2 Å². The summed E-state index contributed by atoms with van der Waals surface area (Å²) < 4.78 is 13.3. The molecule has 1 amide bonds. The largest absolute Gasteiger partial charge is 0.481 e. The lowest BCUT2D eigenvalue weighted by atomic mass is 9.87. The van der Waals surface area contributed by atoms with Gasteiger partial charge in [-0.15, -0.1) is 11.3 Å². The SMILES string of the molecule is O=C(O)C1CCC(=O)N(CCc2cccc(F)c2)C1c1cccs1. The Kier molecular flexibility index (Phi) is 4.94. The number of rotatable bonds is 5. The van der Waals surface area contributed by atoms with Crippen LogP contribution in [0.5, 0.6) is 0 Å². The van der Waals surface area contributed by atoms with Gasteiger partial charge in [0.25, 0.3) is 0 Å². The van der Waals surface area contributed by atoms with Crippen molar-refractivity contribution in [1.82, 2.24) is 4.90 Å². The van der Waals surface area contributed by atoms with Crippen LogP contribution in [0.25, 0.3) is 0 Å². The second-order valence-electron chi connectivity index (χ2n) is 5.91. The van der Waals surface area contributed by atoms with Crippen LogP contribution in [0.4, 0.5) is 4.39 Å². The van der Waals surface area contributed by atoms with Gasteiger partial charge < -0.3 is 10.0 Å². The molecule has 1 fully saturated rings. The van der Waals surface area contributed by atoms with Gasteiger partial charge in [-0.1, -0.05) is 18.2 Å². The second-order valence-corrected chi connectivity index (χ2v) is 6.89. The lowest BCUT2D eigenvalue weighted by Gasteiger charge is -2.39. The molecule has 126 valence electrons. The number of carbonyl (C=O) groups excluding carboxylic acids is 1. The van der Waals surface area contributed by atoms with E-state index < -0.39 is 17.9 Å². The van der Waals surface area contributed by atoms with Crippen LogP contribution < -0.4 is 0 Å². The number of halogens is 1. The van der Waals surface area contributed by atoms with Crippen LogP contribution in [-0.4, -0.2) is 28.4 Å². The van der Waals surface area contributed by atoms with Crippen LogP contribution >= 0.6 is 11.3 Å². The van der Waals surface area contributed by atoms with Crippen molar-refractivity contribution in [3.05, 3.63) is 58.0 Å². The first-order valence-corrected chi connectivity index (χ1v) is 8.74. The fourth-order valence-corrected chi connectivity index (χ4v) is 4.13. The molecule has 1 saturated heterocycles. The molecule has 2 aromatic rings. The van der Waals surface area contributed by atoms with Gasteiger partial charge in [0.1, 0.15) is 5.82 Å². The molecule has 0 spiro atoms. The summed E-state index contributed by atoms with van der Waals surface area (Å²) in [6.45, 7) is 0.384. The van der Waals surface area contributed by atoms with Crippen LogP contribution in [0.2, 0.25) is 0 Å². The van der Waals surface area contributed by atoms with Gasteiger partial charge in [-0.3, -0.25) is 9.59 Å². The van der Waals surface area contributed by atoms with Crippen molar-refractivity contribution in [2.75, 3.05) is 6.54 Å². The number of aliphatic carboxylic acids is 1. The molecular weight excluding hydrogens is 329 g/mol. The van der Waals surface area contributed by atoms with Crippen LogP contribution in [0.3, 0.4) is 0 Å². The van der Waals surface area contributed by atoms with Crippen molar-refractivity contribution in [3.63, 3.8) is 0 Å². The number of hydrogen-bond acceptors (Lipinski definition) is 3. The Morgan fingerprint density at radius 2 is 2.17 bits per heavy atom. The maximum absolute atomic E-state index is 13.3. The van der Waals surface area contributed by atoms with Crippen molar-refractivity contribution in [1.29, 1.82) is 0 Å². The number of thiophene rings is 1. The van der Waals surface area contributed by atoms with Crippen LogP contribution in [0.1, 0.15) is 29.3 Å². The molecule has 1 N–H and O–H groups in total. The number of carbonyl (C=O) groups is 2. The number of carboxylic acids is 1. The fourth-order valence-electron chi connectivity index (χ4n) is 3.23. The molecule has 2 heterocycles. The molecule has 0 radical (unpaired) electrons. The third-order valence-electron chi connectivity index (χ3n) is 4.39. The monoisotopic (exact) mass is 347 g/mol. The third-order valence-corrected chi connectivity index (χ3v) is 5.33. The van der Waals surface area contributed by atoms with Crippen LogP contribution in [0.15, 0.2) is 41.8 Å². The van der Waals surface area contributed by atoms with Crippen molar-refractivity contribution in [3.8, 4) is 0 Å². The van der Waals surface area contributed by atoms with Gasteiger partial charge in [0.2, 0.25) is 5.91 Å². The topological polar surface area (TPSA) is 57.6 Å². The van der Waals surface area contributed by atoms with Gasteiger partial charge in [0.05, 0.1) is 12.0 Å². The van der Waals surface area contributed by atoms with E-state index in [1.807, 2.05) is 23.6 Å². The van der Waals surface area contributed by atoms with E-state index in [9.17, 15) is 19.1 Å². The quantitative estimate of drug-likeness (QED) is 0.901. The zero-order valence-corrected chi connectivity index (χ0v) is 13.8. The van der Waals surface area contributed by atoms with E-state index in [1.165, 1.54) is 23.5 Å². The highest BCUT2D eigenvalue weighted by Crippen LogP contribution is 2.38. The number of hydrogen-bond donors (Lipinski definition) is 1. The first kappa shape index (κ1) is 16.6. The minimum absolute atomic E-state index is 0.0395. The molecule has 2 unspecified atom stereocenters. The Bertz CT molecular complexity index is 732. The molecule has 1 aromatic heterocycles. The van der Waals surface area contributed by atoms with Gasteiger partial charge in [-0.25, -0.2) is 4.39 Å². The van der Waals surface area contributed by atoms with Crippen LogP contribution in [0, 0.1) is 11.7 Å². The smallest absolute Gasteiger partial charge is 0.308 e. The minimum atomic E-state index is -0.878. The lowest BCUT2D eigenvalue weighted by molar-refractivity contribution is -0.151. The lowest BCUT2D eigenvalue weighted by Crippen LogP contribution is -2.45. The van der Waals surface area contributed by atoms with Crippen molar-refractivity contribution in [2.45, 2.75) is 25.3 Å². The Labute approximate surface area is 143 Å². The average Bonchev–Trinajstić information content (AvgIpc) is 3.07. The summed E-state index contributed by atoms with van der Waals surface area (Å²) in [7, 11) is 0. The highest BCUT2D eigenvalue weighted by atomic mass is 32.1. The fraction of sp³-hybridized carbons (Fsp3) is 0.333. The van der Waals surface area contributed by atoms with E-state index in [0.717, 1.165) is 10.4 Å². The summed E-state index contributed by atoms with van der Waals surface area (Å²) in [5.41, 5.74) is 0.796. The van der Waals surface area contributed by atoms with E-state index in [0.29, 0.717) is 19.4 Å². The van der Waals surface area contributed by atoms with Crippen molar-refractivity contribution in [2.24, 2.45) is 5.92 Å². The standard InChI is InChI=1S/C18H18FNO3S/c19-13-4-1-3-12(11-13)8-9-20-16(21)7-6-14(18(22)23)17(20)15-5-2-10-24-15/h1-5,10-11,14,17H,6-9H2,(H,22,23). The zero-order valence-electron chi connectivity index (χ0n) is 13.0. The van der Waals surface area contributed by atoms with E-state index >= 15 is 0 Å². The van der Waals surface area contributed by atoms with E-state index in [1.54, 1.807) is 11.0 Å². The molecule has 1 aromatic carbocycles. The van der Waals surface area contributed by atoms with Gasteiger partial charge in [0, 0.05) is 17.8 Å². The first-order chi connectivity index (χ1) is 11.6. The summed E-state index contributed by atoms with van der Waals surface area (Å²) in [6, 6.07) is 9.57. The van der Waals surface area contributed by atoms with E-state index in [2.05, 4.69) is 0 Å². The molecular formula is C18H18FNO3S.